The highest BCUT2D eigenvalue weighted by molar-refractivity contribution is 5.68. The Morgan fingerprint density at radius 3 is 1.14 bits per heavy atom. The summed E-state index contributed by atoms with van der Waals surface area (Å²) in [5.74, 6) is -2.40. The molecule has 0 saturated carbocycles. The number of carboxylic acids is 3. The molecule has 0 bridgehead atoms. The Morgan fingerprint density at radius 2 is 0.818 bits per heavy atom. The predicted molar refractivity (Wildman–Crippen MR) is 84.0 cm³/mol. The lowest BCUT2D eigenvalue weighted by atomic mass is 10.1. The van der Waals surface area contributed by atoms with Crippen LogP contribution in [0.2, 0.25) is 0 Å². The van der Waals surface area contributed by atoms with Crippen LogP contribution in [0, 0.1) is 0 Å². The van der Waals surface area contributed by atoms with Crippen molar-refractivity contribution in [3.63, 3.8) is 0 Å². The molecule has 6 heteroatoms. The van der Waals surface area contributed by atoms with E-state index in [9.17, 15) is 14.4 Å². The zero-order valence-corrected chi connectivity index (χ0v) is 13.6. The molecule has 0 fully saturated rings. The van der Waals surface area contributed by atoms with E-state index in [1.807, 2.05) is 0 Å². The minimum absolute atomic E-state index is 0.0628. The minimum Gasteiger partial charge on any atom is -0.481 e. The third-order valence-corrected chi connectivity index (χ3v) is 3.03. The molecule has 0 heterocycles. The number of hydrogen-bond acceptors (Lipinski definition) is 3. The van der Waals surface area contributed by atoms with Crippen molar-refractivity contribution in [3.8, 4) is 0 Å². The van der Waals surface area contributed by atoms with Crippen molar-refractivity contribution in [1.82, 2.24) is 0 Å². The lowest BCUT2D eigenvalue weighted by Gasteiger charge is -1.98. The van der Waals surface area contributed by atoms with Gasteiger partial charge in [0.25, 0.3) is 0 Å². The summed E-state index contributed by atoms with van der Waals surface area (Å²) in [5.41, 5.74) is 0. The fourth-order valence-electron chi connectivity index (χ4n) is 1.79. The largest absolute Gasteiger partial charge is 0.481 e. The van der Waals surface area contributed by atoms with E-state index in [2.05, 4.69) is 6.92 Å². The van der Waals surface area contributed by atoms with Crippen molar-refractivity contribution in [3.05, 3.63) is 0 Å². The summed E-state index contributed by atoms with van der Waals surface area (Å²) in [6, 6.07) is 0. The highest BCUT2D eigenvalue weighted by Crippen LogP contribution is 2.07. The fraction of sp³-hybridized carbons (Fsp3) is 0.812. The molecule has 3 N–H and O–H groups in total. The van der Waals surface area contributed by atoms with E-state index in [1.54, 1.807) is 0 Å². The van der Waals surface area contributed by atoms with Crippen molar-refractivity contribution in [1.29, 1.82) is 0 Å². The number of aliphatic carboxylic acids is 3. The summed E-state index contributed by atoms with van der Waals surface area (Å²) in [5, 5.41) is 24.6. The zero-order chi connectivity index (χ0) is 17.2. The van der Waals surface area contributed by atoms with Crippen molar-refractivity contribution in [2.24, 2.45) is 0 Å². The van der Waals surface area contributed by atoms with Gasteiger partial charge in [-0.1, -0.05) is 45.4 Å². The Kier molecular flexibility index (Phi) is 18.0. The summed E-state index contributed by atoms with van der Waals surface area (Å²) in [4.78, 5) is 29.9. The minimum atomic E-state index is -0.870. The Morgan fingerprint density at radius 1 is 0.545 bits per heavy atom. The molecule has 0 aliphatic carbocycles. The van der Waals surface area contributed by atoms with Gasteiger partial charge < -0.3 is 15.3 Å². The van der Waals surface area contributed by atoms with Gasteiger partial charge in [-0.05, 0) is 19.3 Å². The van der Waals surface area contributed by atoms with E-state index in [1.165, 1.54) is 32.1 Å². The van der Waals surface area contributed by atoms with Crippen LogP contribution in [0.15, 0.2) is 0 Å². The molecule has 0 atom stereocenters. The summed E-state index contributed by atoms with van der Waals surface area (Å²) in [6.45, 7) is 2.20. The van der Waals surface area contributed by atoms with Crippen molar-refractivity contribution in [2.45, 2.75) is 84.0 Å². The van der Waals surface area contributed by atoms with Gasteiger partial charge in [-0.3, -0.25) is 14.4 Å². The third-order valence-electron chi connectivity index (χ3n) is 3.03. The smallest absolute Gasteiger partial charge is 0.303 e. The Bertz CT molecular complexity index is 285. The molecule has 0 radical (unpaired) electrons. The van der Waals surface area contributed by atoms with Crippen molar-refractivity contribution in [2.75, 3.05) is 0 Å². The van der Waals surface area contributed by atoms with Gasteiger partial charge in [0, 0.05) is 19.3 Å². The van der Waals surface area contributed by atoms with E-state index in [4.69, 9.17) is 15.3 Å². The van der Waals surface area contributed by atoms with Crippen LogP contribution in [0.3, 0.4) is 0 Å². The molecule has 22 heavy (non-hydrogen) atoms. The number of rotatable bonds is 13. The van der Waals surface area contributed by atoms with E-state index in [0.29, 0.717) is 19.3 Å². The molecule has 0 aliphatic rings. The van der Waals surface area contributed by atoms with E-state index in [-0.39, 0.29) is 12.8 Å². The van der Waals surface area contributed by atoms with Crippen LogP contribution in [0.4, 0.5) is 0 Å². The maximum atomic E-state index is 10.1. The monoisotopic (exact) mass is 318 g/mol. The van der Waals surface area contributed by atoms with Crippen molar-refractivity contribution >= 4 is 17.9 Å². The van der Waals surface area contributed by atoms with Gasteiger partial charge in [-0.25, -0.2) is 0 Å². The standard InChI is InChI=1S/C10H20O2.C6H10O4/c1-2-3-4-5-6-7-8-9-10(11)12;7-5(8)3-1-2-4-6(9)10/h2-9H2,1H3,(H,11,12);1-4H2,(H,7,8)(H,9,10). The zero-order valence-electron chi connectivity index (χ0n) is 13.6. The molecule has 0 aliphatic heterocycles. The third kappa shape index (κ3) is 26.9. The average Bonchev–Trinajstić information content (AvgIpc) is 2.43. The summed E-state index contributed by atoms with van der Waals surface area (Å²) in [6.07, 6.45) is 9.66. The predicted octanol–water partition coefficient (Wildman–Crippen LogP) is 3.93. The first kappa shape index (κ1) is 22.7. The molecule has 6 nitrogen and oxygen atoms in total. The number of carbonyl (C=O) groups is 3. The number of unbranched alkanes of at least 4 members (excludes halogenated alkanes) is 7. The van der Waals surface area contributed by atoms with Gasteiger partial charge in [-0.2, -0.15) is 0 Å². The van der Waals surface area contributed by atoms with Gasteiger partial charge in [0.05, 0.1) is 0 Å². The van der Waals surface area contributed by atoms with Crippen LogP contribution in [0.25, 0.3) is 0 Å². The lowest BCUT2D eigenvalue weighted by Crippen LogP contribution is -1.97. The van der Waals surface area contributed by atoms with Crippen LogP contribution >= 0.6 is 0 Å². The molecule has 0 aromatic rings. The van der Waals surface area contributed by atoms with Crippen LogP contribution in [0.5, 0.6) is 0 Å². The molecule has 0 aromatic carbocycles. The normalized spacial score (nSPS) is 9.68. The number of carboxylic acid groups (broad SMARTS) is 3. The van der Waals surface area contributed by atoms with Gasteiger partial charge in [0.2, 0.25) is 0 Å². The second-order valence-corrected chi connectivity index (χ2v) is 5.26. The SMILES string of the molecule is CCCCCCCCCC(=O)O.O=C(O)CCCCC(=O)O. The first-order valence-electron chi connectivity index (χ1n) is 8.05. The Hall–Kier alpha value is -1.59. The molecule has 0 spiro atoms. The lowest BCUT2D eigenvalue weighted by molar-refractivity contribution is -0.139. The van der Waals surface area contributed by atoms with Crippen molar-refractivity contribution < 1.29 is 29.7 Å². The number of hydrogen-bond donors (Lipinski definition) is 3. The van der Waals surface area contributed by atoms with Gasteiger partial charge in [0.1, 0.15) is 0 Å². The van der Waals surface area contributed by atoms with E-state index < -0.39 is 17.9 Å². The summed E-state index contributed by atoms with van der Waals surface area (Å²) < 4.78 is 0. The maximum absolute atomic E-state index is 10.1. The molecule has 0 rings (SSSR count). The molecule has 0 aromatic heterocycles. The topological polar surface area (TPSA) is 112 Å². The van der Waals surface area contributed by atoms with Gasteiger partial charge >= 0.3 is 17.9 Å². The van der Waals surface area contributed by atoms with Crippen LogP contribution in [0.1, 0.15) is 84.0 Å². The molecule has 0 saturated heterocycles. The molecule has 130 valence electrons. The molecule has 0 unspecified atom stereocenters. The first-order chi connectivity index (χ1) is 10.4. The summed E-state index contributed by atoms with van der Waals surface area (Å²) in [7, 11) is 0. The maximum Gasteiger partial charge on any atom is 0.303 e. The Labute approximate surface area is 132 Å². The van der Waals surface area contributed by atoms with E-state index in [0.717, 1.165) is 12.8 Å². The van der Waals surface area contributed by atoms with Crippen LogP contribution in [-0.4, -0.2) is 33.2 Å². The quantitative estimate of drug-likeness (QED) is 0.444. The average molecular weight is 318 g/mol. The van der Waals surface area contributed by atoms with Crippen LogP contribution < -0.4 is 0 Å². The van der Waals surface area contributed by atoms with Gasteiger partial charge in [0.15, 0.2) is 0 Å². The molecular formula is C16H30O6. The van der Waals surface area contributed by atoms with E-state index >= 15 is 0 Å². The van der Waals surface area contributed by atoms with Gasteiger partial charge in [-0.15, -0.1) is 0 Å². The second kappa shape index (κ2) is 17.5. The molecular weight excluding hydrogens is 288 g/mol. The second-order valence-electron chi connectivity index (χ2n) is 5.26. The Balaban J connectivity index is 0. The molecule has 0 amide bonds. The highest BCUT2D eigenvalue weighted by atomic mass is 16.4. The highest BCUT2D eigenvalue weighted by Gasteiger charge is 1.99. The summed E-state index contributed by atoms with van der Waals surface area (Å²) >= 11 is 0. The van der Waals surface area contributed by atoms with Crippen LogP contribution in [-0.2, 0) is 14.4 Å². The first-order valence-corrected chi connectivity index (χ1v) is 8.05. The fourth-order valence-corrected chi connectivity index (χ4v) is 1.79.